The molecule has 150 valence electrons. The number of hydrogen-bond acceptors (Lipinski definition) is 7. The third kappa shape index (κ3) is 15.0. The highest BCUT2D eigenvalue weighted by Crippen LogP contribution is 2.54. The van der Waals surface area contributed by atoms with Crippen molar-refractivity contribution in [1.29, 1.82) is 0 Å². The highest BCUT2D eigenvalue weighted by atomic mass is 31.2. The van der Waals surface area contributed by atoms with E-state index in [2.05, 4.69) is 24.8 Å². The van der Waals surface area contributed by atoms with E-state index in [9.17, 15) is 4.57 Å². The van der Waals surface area contributed by atoms with Gasteiger partial charge in [-0.25, -0.2) is 4.57 Å². The van der Waals surface area contributed by atoms with E-state index in [1.807, 2.05) is 46.2 Å². The maximum Gasteiger partial charge on any atom is 0.455 e. The zero-order valence-electron chi connectivity index (χ0n) is 17.4. The molecular formula is C14H36NO6PSi3. The molecule has 11 heteroatoms. The van der Waals surface area contributed by atoms with E-state index < -0.39 is 38.9 Å². The smallest absolute Gasteiger partial charge is 0.407 e. The fourth-order valence-electron chi connectivity index (χ4n) is 1.65. The largest absolute Gasteiger partial charge is 0.455 e. The average Bonchev–Trinajstić information content (AvgIpc) is 2.29. The van der Waals surface area contributed by atoms with Gasteiger partial charge in [-0.05, 0) is 65.8 Å². The molecule has 0 saturated heterocycles. The number of phosphoric acid groups is 1. The van der Waals surface area contributed by atoms with Crippen molar-refractivity contribution in [1.82, 2.24) is 0 Å². The SMILES string of the molecule is CCO/N=C\[C@H](COP(=O)(O[Si](C)(C)C)O[Si](C)(C)C)O[Si](C)(C)C. The topological polar surface area (TPSA) is 75.6 Å². The molecule has 25 heavy (non-hydrogen) atoms. The molecule has 0 bridgehead atoms. The van der Waals surface area contributed by atoms with Crippen molar-refractivity contribution in [2.45, 2.75) is 72.0 Å². The summed E-state index contributed by atoms with van der Waals surface area (Å²) in [5.41, 5.74) is 0. The van der Waals surface area contributed by atoms with E-state index in [0.717, 1.165) is 0 Å². The lowest BCUT2D eigenvalue weighted by molar-refractivity contribution is 0.128. The van der Waals surface area contributed by atoms with Crippen LogP contribution in [0.4, 0.5) is 0 Å². The summed E-state index contributed by atoms with van der Waals surface area (Å²) < 4.78 is 36.3. The van der Waals surface area contributed by atoms with Gasteiger partial charge in [-0.3, -0.25) is 4.52 Å². The minimum absolute atomic E-state index is 0.0348. The molecule has 1 atom stereocenters. The van der Waals surface area contributed by atoms with Crippen LogP contribution in [0, 0.1) is 0 Å². The molecule has 0 aromatic carbocycles. The Morgan fingerprint density at radius 2 is 1.40 bits per heavy atom. The van der Waals surface area contributed by atoms with Crippen LogP contribution in [0.15, 0.2) is 5.16 Å². The lowest BCUT2D eigenvalue weighted by Gasteiger charge is -2.31. The zero-order chi connectivity index (χ0) is 19.9. The van der Waals surface area contributed by atoms with Crippen molar-refractivity contribution in [3.05, 3.63) is 0 Å². The summed E-state index contributed by atoms with van der Waals surface area (Å²) in [6, 6.07) is 0. The molecule has 0 aromatic heterocycles. The fraction of sp³-hybridized carbons (Fsp3) is 0.929. The summed E-state index contributed by atoms with van der Waals surface area (Å²) in [5.74, 6) is 0. The Labute approximate surface area is 156 Å². The zero-order valence-corrected chi connectivity index (χ0v) is 21.3. The molecule has 0 rings (SSSR count). The van der Waals surface area contributed by atoms with Crippen molar-refractivity contribution in [2.75, 3.05) is 13.2 Å². The molecule has 0 N–H and O–H groups in total. The number of oxime groups is 1. The lowest BCUT2D eigenvalue weighted by atomic mass is 10.4. The predicted molar refractivity (Wildman–Crippen MR) is 111 cm³/mol. The second kappa shape index (κ2) is 9.93. The Kier molecular flexibility index (Phi) is 10.0. The van der Waals surface area contributed by atoms with Gasteiger partial charge in [0.2, 0.25) is 0 Å². The van der Waals surface area contributed by atoms with Crippen LogP contribution in [-0.2, 0) is 26.8 Å². The van der Waals surface area contributed by atoms with Crippen LogP contribution in [0.25, 0.3) is 0 Å². The standard InChI is InChI=1S/C14H36NO6PSi3/c1-11-17-15-12-14(19-23(2,3)4)13-18-22(16,20-24(5,6)7)21-25(8,9)10/h12,14H,11,13H2,1-10H3/b15-12-/t14-/m1/s1. The van der Waals surface area contributed by atoms with Crippen molar-refractivity contribution < 1.29 is 26.8 Å². The first kappa shape index (κ1) is 25.2. The highest BCUT2D eigenvalue weighted by molar-refractivity contribution is 7.52. The number of hydrogen-bond donors (Lipinski definition) is 0. The molecule has 0 radical (unpaired) electrons. The van der Waals surface area contributed by atoms with Crippen LogP contribution in [0.3, 0.4) is 0 Å². The van der Waals surface area contributed by atoms with Gasteiger partial charge in [0, 0.05) is 0 Å². The summed E-state index contributed by atoms with van der Waals surface area (Å²) in [4.78, 5) is 5.00. The molecule has 7 nitrogen and oxygen atoms in total. The first-order valence-corrected chi connectivity index (χ1v) is 20.2. The molecule has 0 aromatic rings. The van der Waals surface area contributed by atoms with Crippen molar-refractivity contribution in [3.63, 3.8) is 0 Å². The van der Waals surface area contributed by atoms with E-state index in [1.165, 1.54) is 6.21 Å². The molecule has 0 spiro atoms. The Morgan fingerprint density at radius 1 is 0.920 bits per heavy atom. The number of nitrogens with zero attached hydrogens (tertiary/aromatic N) is 1. The van der Waals surface area contributed by atoms with Gasteiger partial charge in [-0.15, -0.1) is 0 Å². The van der Waals surface area contributed by atoms with Crippen molar-refractivity contribution in [3.8, 4) is 0 Å². The fourth-order valence-corrected chi connectivity index (χ4v) is 9.29. The van der Waals surface area contributed by atoms with Crippen LogP contribution < -0.4 is 0 Å². The molecule has 0 aliphatic rings. The molecule has 0 aliphatic carbocycles. The van der Waals surface area contributed by atoms with Crippen LogP contribution in [-0.4, -0.2) is 50.5 Å². The molecule has 0 fully saturated rings. The Hall–Kier alpha value is 0.191. The molecule has 0 saturated carbocycles. The lowest BCUT2D eigenvalue weighted by Crippen LogP contribution is -2.36. The van der Waals surface area contributed by atoms with Gasteiger partial charge in [-0.1, -0.05) is 5.16 Å². The Balaban J connectivity index is 5.19. The van der Waals surface area contributed by atoms with E-state index in [-0.39, 0.29) is 6.61 Å². The van der Waals surface area contributed by atoms with Gasteiger partial charge < -0.3 is 17.7 Å². The Bertz CT molecular complexity index is 451. The van der Waals surface area contributed by atoms with E-state index in [0.29, 0.717) is 6.61 Å². The van der Waals surface area contributed by atoms with Crippen molar-refractivity contribution in [2.24, 2.45) is 5.16 Å². The maximum atomic E-state index is 13.1. The minimum atomic E-state index is -3.66. The van der Waals surface area contributed by atoms with Crippen LogP contribution in [0.2, 0.25) is 58.9 Å². The van der Waals surface area contributed by atoms with E-state index in [4.69, 9.17) is 22.2 Å². The minimum Gasteiger partial charge on any atom is -0.407 e. The predicted octanol–water partition coefficient (Wildman–Crippen LogP) is 5.06. The third-order valence-electron chi connectivity index (χ3n) is 2.10. The van der Waals surface area contributed by atoms with Gasteiger partial charge in [-0.2, -0.15) is 0 Å². The summed E-state index contributed by atoms with van der Waals surface area (Å²) in [5, 5.41) is 3.86. The number of rotatable bonds is 12. The quantitative estimate of drug-likeness (QED) is 0.187. The van der Waals surface area contributed by atoms with Crippen LogP contribution >= 0.6 is 7.82 Å². The monoisotopic (exact) mass is 429 g/mol. The maximum absolute atomic E-state index is 13.1. The van der Waals surface area contributed by atoms with E-state index >= 15 is 0 Å². The van der Waals surface area contributed by atoms with Gasteiger partial charge >= 0.3 is 7.82 Å². The molecular weight excluding hydrogens is 393 g/mol. The van der Waals surface area contributed by atoms with E-state index in [1.54, 1.807) is 0 Å². The first-order chi connectivity index (χ1) is 11.1. The first-order valence-electron chi connectivity index (χ1n) is 8.55. The molecule has 0 heterocycles. The summed E-state index contributed by atoms with van der Waals surface area (Å²) in [6.45, 7) is 20.2. The summed E-state index contributed by atoms with van der Waals surface area (Å²) >= 11 is 0. The Morgan fingerprint density at radius 3 is 1.76 bits per heavy atom. The summed E-state index contributed by atoms with van der Waals surface area (Å²) in [7, 11) is -9.76. The van der Waals surface area contributed by atoms with Crippen LogP contribution in [0.1, 0.15) is 6.92 Å². The molecule has 0 amide bonds. The van der Waals surface area contributed by atoms with Gasteiger partial charge in [0.15, 0.2) is 25.0 Å². The normalized spacial score (nSPS) is 15.6. The van der Waals surface area contributed by atoms with Crippen molar-refractivity contribution >= 4 is 39.0 Å². The van der Waals surface area contributed by atoms with Gasteiger partial charge in [0.25, 0.3) is 0 Å². The highest BCUT2D eigenvalue weighted by Gasteiger charge is 2.39. The van der Waals surface area contributed by atoms with Gasteiger partial charge in [0.1, 0.15) is 12.7 Å². The summed E-state index contributed by atoms with van der Waals surface area (Å²) in [6.07, 6.45) is 1.07. The molecule has 0 aliphatic heterocycles. The average molecular weight is 430 g/mol. The van der Waals surface area contributed by atoms with Gasteiger partial charge in [0.05, 0.1) is 12.8 Å². The third-order valence-corrected chi connectivity index (χ3v) is 9.75. The molecule has 0 unspecified atom stereocenters. The second-order valence-electron chi connectivity index (χ2n) is 8.59. The van der Waals surface area contributed by atoms with Crippen LogP contribution in [0.5, 0.6) is 0 Å². The second-order valence-corrected chi connectivity index (χ2v) is 24.1.